The van der Waals surface area contributed by atoms with Crippen molar-refractivity contribution in [2.45, 2.75) is 13.8 Å². The van der Waals surface area contributed by atoms with Crippen molar-refractivity contribution in [3.8, 4) is 0 Å². The highest BCUT2D eigenvalue weighted by Gasteiger charge is 2.25. The molecule has 2 aromatic rings. The number of aryl methyl sites for hydroxylation is 2. The Kier molecular flexibility index (Phi) is 1.87. The first kappa shape index (κ1) is 10.0. The van der Waals surface area contributed by atoms with Crippen molar-refractivity contribution in [3.05, 3.63) is 46.5 Å². The number of carbonyl (C=O) groups is 2. The molecule has 0 unspecified atom stereocenters. The summed E-state index contributed by atoms with van der Waals surface area (Å²) < 4.78 is 0. The van der Waals surface area contributed by atoms with Gasteiger partial charge in [0, 0.05) is 16.5 Å². The summed E-state index contributed by atoms with van der Waals surface area (Å²) in [5, 5.41) is 4.16. The van der Waals surface area contributed by atoms with E-state index in [0.717, 1.165) is 21.9 Å². The van der Waals surface area contributed by atoms with Crippen LogP contribution < -0.4 is 5.32 Å². The summed E-state index contributed by atoms with van der Waals surface area (Å²) in [4.78, 5) is 23.5. The zero-order chi connectivity index (χ0) is 12.2. The number of imide groups is 1. The molecule has 0 bridgehead atoms. The van der Waals surface area contributed by atoms with E-state index in [1.807, 2.05) is 26.0 Å². The number of nitrogens with one attached hydrogen (secondary N) is 1. The molecule has 0 spiro atoms. The monoisotopic (exact) mass is 225 g/mol. The molecule has 84 valence electrons. The summed E-state index contributed by atoms with van der Waals surface area (Å²) in [7, 11) is 0. The minimum absolute atomic E-state index is 0.307. The summed E-state index contributed by atoms with van der Waals surface area (Å²) >= 11 is 0. The van der Waals surface area contributed by atoms with E-state index >= 15 is 0 Å². The van der Waals surface area contributed by atoms with Gasteiger partial charge in [0.15, 0.2) is 0 Å². The molecular weight excluding hydrogens is 214 g/mol. The number of hydrogen-bond acceptors (Lipinski definition) is 2. The maximum atomic E-state index is 11.8. The van der Waals surface area contributed by atoms with Crippen LogP contribution in [0.2, 0.25) is 0 Å². The molecule has 3 heteroatoms. The molecule has 1 aliphatic heterocycles. The van der Waals surface area contributed by atoms with Crippen molar-refractivity contribution in [2.75, 3.05) is 0 Å². The van der Waals surface area contributed by atoms with Gasteiger partial charge in [0.1, 0.15) is 0 Å². The van der Waals surface area contributed by atoms with Crippen LogP contribution in [0.4, 0.5) is 0 Å². The van der Waals surface area contributed by atoms with Gasteiger partial charge in [0.05, 0.1) is 0 Å². The van der Waals surface area contributed by atoms with Gasteiger partial charge in [-0.05, 0) is 42.5 Å². The fraction of sp³-hybridized carbons (Fsp3) is 0.143. The van der Waals surface area contributed by atoms with Crippen molar-refractivity contribution in [1.29, 1.82) is 0 Å². The van der Waals surface area contributed by atoms with Gasteiger partial charge in [-0.15, -0.1) is 0 Å². The van der Waals surface area contributed by atoms with Gasteiger partial charge in [-0.2, -0.15) is 0 Å². The summed E-state index contributed by atoms with van der Waals surface area (Å²) in [6.45, 7) is 3.99. The lowest BCUT2D eigenvalue weighted by Crippen LogP contribution is -2.34. The molecule has 2 aromatic carbocycles. The number of benzene rings is 2. The van der Waals surface area contributed by atoms with Crippen LogP contribution in [0.3, 0.4) is 0 Å². The summed E-state index contributed by atoms with van der Waals surface area (Å²) in [6.07, 6.45) is 0. The third kappa shape index (κ3) is 1.22. The van der Waals surface area contributed by atoms with Crippen LogP contribution in [0.5, 0.6) is 0 Å². The van der Waals surface area contributed by atoms with Crippen molar-refractivity contribution < 1.29 is 9.59 Å². The van der Waals surface area contributed by atoms with Gasteiger partial charge in [0.2, 0.25) is 0 Å². The highest BCUT2D eigenvalue weighted by molar-refractivity contribution is 6.26. The van der Waals surface area contributed by atoms with Gasteiger partial charge >= 0.3 is 0 Å². The van der Waals surface area contributed by atoms with Crippen molar-refractivity contribution in [1.82, 2.24) is 5.32 Å². The molecule has 0 aliphatic carbocycles. The van der Waals surface area contributed by atoms with Crippen LogP contribution in [0.1, 0.15) is 31.8 Å². The Morgan fingerprint density at radius 1 is 0.765 bits per heavy atom. The smallest absolute Gasteiger partial charge is 0.258 e. The summed E-state index contributed by atoms with van der Waals surface area (Å²) in [6, 6.07) is 7.40. The maximum Gasteiger partial charge on any atom is 0.258 e. The Labute approximate surface area is 98.4 Å². The van der Waals surface area contributed by atoms with Crippen LogP contribution in [-0.4, -0.2) is 11.8 Å². The average Bonchev–Trinajstić information content (AvgIpc) is 2.28. The van der Waals surface area contributed by atoms with Crippen LogP contribution in [-0.2, 0) is 0 Å². The molecule has 0 fully saturated rings. The molecule has 0 saturated carbocycles. The molecule has 1 aliphatic rings. The highest BCUT2D eigenvalue weighted by Crippen LogP contribution is 2.31. The van der Waals surface area contributed by atoms with E-state index in [0.29, 0.717) is 11.1 Å². The lowest BCUT2D eigenvalue weighted by Gasteiger charge is -2.18. The quantitative estimate of drug-likeness (QED) is 0.699. The second kappa shape index (κ2) is 3.17. The molecule has 2 amide bonds. The Bertz CT molecular complexity index is 631. The maximum absolute atomic E-state index is 11.8. The minimum atomic E-state index is -0.307. The van der Waals surface area contributed by atoms with Crippen LogP contribution >= 0.6 is 0 Å². The number of amides is 2. The van der Waals surface area contributed by atoms with Crippen LogP contribution in [0.15, 0.2) is 24.3 Å². The summed E-state index contributed by atoms with van der Waals surface area (Å²) in [5.41, 5.74) is 3.35. The first-order valence-corrected chi connectivity index (χ1v) is 5.48. The molecule has 0 atom stereocenters. The Morgan fingerprint density at radius 2 is 1.24 bits per heavy atom. The van der Waals surface area contributed by atoms with Gasteiger partial charge in [-0.1, -0.05) is 12.1 Å². The third-order valence-electron chi connectivity index (χ3n) is 3.29. The summed E-state index contributed by atoms with van der Waals surface area (Å²) in [5.74, 6) is -0.615. The molecule has 3 rings (SSSR count). The number of rotatable bonds is 0. The second-order valence-corrected chi connectivity index (χ2v) is 4.39. The van der Waals surface area contributed by atoms with E-state index < -0.39 is 0 Å². The normalized spacial score (nSPS) is 14.0. The van der Waals surface area contributed by atoms with Crippen molar-refractivity contribution in [3.63, 3.8) is 0 Å². The Balaban J connectivity index is 2.61. The molecule has 3 nitrogen and oxygen atoms in total. The molecule has 0 saturated heterocycles. The lowest BCUT2D eigenvalue weighted by molar-refractivity contribution is 0.0845. The molecule has 0 aromatic heterocycles. The van der Waals surface area contributed by atoms with E-state index in [1.165, 1.54) is 0 Å². The fourth-order valence-corrected chi connectivity index (χ4v) is 2.49. The predicted molar refractivity (Wildman–Crippen MR) is 65.2 cm³/mol. The van der Waals surface area contributed by atoms with Gasteiger partial charge in [0.25, 0.3) is 11.8 Å². The van der Waals surface area contributed by atoms with Crippen LogP contribution in [0.25, 0.3) is 10.8 Å². The van der Waals surface area contributed by atoms with E-state index in [1.54, 1.807) is 12.1 Å². The van der Waals surface area contributed by atoms with E-state index in [4.69, 9.17) is 0 Å². The zero-order valence-electron chi connectivity index (χ0n) is 9.63. The molecule has 17 heavy (non-hydrogen) atoms. The van der Waals surface area contributed by atoms with Crippen molar-refractivity contribution >= 4 is 22.6 Å². The van der Waals surface area contributed by atoms with E-state index in [2.05, 4.69) is 5.32 Å². The lowest BCUT2D eigenvalue weighted by atomic mass is 9.90. The fourth-order valence-electron chi connectivity index (χ4n) is 2.49. The SMILES string of the molecule is Cc1ccc2c3c(ccc(C)c13)C(=O)NC2=O. The first-order valence-electron chi connectivity index (χ1n) is 5.48. The van der Waals surface area contributed by atoms with Crippen molar-refractivity contribution in [2.24, 2.45) is 0 Å². The molecule has 1 heterocycles. The van der Waals surface area contributed by atoms with Gasteiger partial charge in [-0.25, -0.2) is 0 Å². The second-order valence-electron chi connectivity index (χ2n) is 4.39. The molecule has 1 N–H and O–H groups in total. The standard InChI is InChI=1S/C14H11NO2/c1-7-3-5-9-12-10(14(17)15-13(9)16)6-4-8(2)11(7)12/h3-6H,1-2H3,(H,15,16,17). The zero-order valence-corrected chi connectivity index (χ0v) is 9.63. The topological polar surface area (TPSA) is 46.2 Å². The van der Waals surface area contributed by atoms with E-state index in [-0.39, 0.29) is 11.8 Å². The van der Waals surface area contributed by atoms with Gasteiger partial charge < -0.3 is 0 Å². The number of carbonyl (C=O) groups excluding carboxylic acids is 2. The van der Waals surface area contributed by atoms with Crippen LogP contribution in [0, 0.1) is 13.8 Å². The molecular formula is C14H11NO2. The minimum Gasteiger partial charge on any atom is -0.288 e. The predicted octanol–water partition coefficient (Wildman–Crippen LogP) is 2.34. The first-order chi connectivity index (χ1) is 8.09. The molecule has 0 radical (unpaired) electrons. The average molecular weight is 225 g/mol. The Morgan fingerprint density at radius 3 is 1.71 bits per heavy atom. The van der Waals surface area contributed by atoms with E-state index in [9.17, 15) is 9.59 Å². The largest absolute Gasteiger partial charge is 0.288 e. The third-order valence-corrected chi connectivity index (χ3v) is 3.29. The Hall–Kier alpha value is -2.16. The highest BCUT2D eigenvalue weighted by atomic mass is 16.2. The number of hydrogen-bond donors (Lipinski definition) is 1. The van der Waals surface area contributed by atoms with Gasteiger partial charge in [-0.3, -0.25) is 14.9 Å².